The molecule has 8 N–H and O–H groups in total. The number of anilines is 2. The van der Waals surface area contributed by atoms with Crippen molar-refractivity contribution in [1.82, 2.24) is 4.98 Å². The summed E-state index contributed by atoms with van der Waals surface area (Å²) in [7, 11) is 0. The number of aliphatic hydroxyl groups is 4. The number of nitriles is 1. The number of hydrogen-bond donors (Lipinski definition) is 7. The monoisotopic (exact) mass is 446 g/mol. The Labute approximate surface area is 184 Å². The molecule has 0 radical (unpaired) electrons. The van der Waals surface area contributed by atoms with Crippen LogP contribution in [0.5, 0.6) is 5.75 Å². The Balaban J connectivity index is 2.31. The summed E-state index contributed by atoms with van der Waals surface area (Å²) in [6, 6.07) is 7.75. The molecule has 2 rings (SSSR count). The van der Waals surface area contributed by atoms with Crippen molar-refractivity contribution in [1.29, 1.82) is 5.26 Å². The Hall–Kier alpha value is -3.43. The number of ether oxygens (including phenoxy) is 1. The molecule has 0 amide bonds. The Morgan fingerprint density at radius 3 is 2.56 bits per heavy atom. The van der Waals surface area contributed by atoms with Crippen molar-refractivity contribution < 1.29 is 35.1 Å². The average Bonchev–Trinajstić information content (AvgIpc) is 2.75. The highest BCUT2D eigenvalue weighted by Gasteiger charge is 2.36. The molecule has 0 fully saturated rings. The SMILES string of the molecule is CCOC(=O)c1c(C)nc(N)c(C#N)c1[C@@H](O)[C@H](O)[C@@H](O)[C@@H](O)CNc1cccc(O)c1. The van der Waals surface area contributed by atoms with Crippen LogP contribution in [0.1, 0.15) is 40.2 Å². The number of nitrogen functional groups attached to an aromatic ring is 1. The Morgan fingerprint density at radius 2 is 1.97 bits per heavy atom. The van der Waals surface area contributed by atoms with Gasteiger partial charge in [-0.3, -0.25) is 0 Å². The van der Waals surface area contributed by atoms with Gasteiger partial charge in [0.15, 0.2) is 0 Å². The van der Waals surface area contributed by atoms with Crippen LogP contribution in [0.3, 0.4) is 0 Å². The normalized spacial score (nSPS) is 14.7. The van der Waals surface area contributed by atoms with Crippen LogP contribution in [0.2, 0.25) is 0 Å². The number of carbonyl (C=O) groups is 1. The van der Waals surface area contributed by atoms with Crippen LogP contribution in [0.4, 0.5) is 11.5 Å². The second-order valence-electron chi connectivity index (χ2n) is 7.00. The lowest BCUT2D eigenvalue weighted by Gasteiger charge is -2.28. The van der Waals surface area contributed by atoms with Gasteiger partial charge in [0.1, 0.15) is 41.5 Å². The molecule has 0 saturated carbocycles. The number of benzene rings is 1. The smallest absolute Gasteiger partial charge is 0.340 e. The van der Waals surface area contributed by atoms with Gasteiger partial charge in [-0.1, -0.05) is 6.07 Å². The van der Waals surface area contributed by atoms with E-state index in [0.29, 0.717) is 5.69 Å². The number of aromatic nitrogens is 1. The summed E-state index contributed by atoms with van der Waals surface area (Å²) in [5.74, 6) is -1.18. The van der Waals surface area contributed by atoms with Gasteiger partial charge >= 0.3 is 5.97 Å². The Kier molecular flexibility index (Phi) is 8.34. The van der Waals surface area contributed by atoms with Gasteiger partial charge in [0.05, 0.1) is 24.0 Å². The first-order valence-corrected chi connectivity index (χ1v) is 9.74. The zero-order chi connectivity index (χ0) is 24.0. The van der Waals surface area contributed by atoms with Gasteiger partial charge in [-0.2, -0.15) is 5.26 Å². The predicted octanol–water partition coefficient (Wildman–Crippen LogP) is -0.0456. The van der Waals surface area contributed by atoms with Crippen molar-refractivity contribution >= 4 is 17.5 Å². The lowest BCUT2D eigenvalue weighted by atomic mass is 9.90. The van der Waals surface area contributed by atoms with Crippen molar-refractivity contribution in [3.63, 3.8) is 0 Å². The molecule has 172 valence electrons. The summed E-state index contributed by atoms with van der Waals surface area (Å²) < 4.78 is 4.96. The zero-order valence-corrected chi connectivity index (χ0v) is 17.6. The van der Waals surface area contributed by atoms with Gasteiger partial charge < -0.3 is 41.3 Å². The van der Waals surface area contributed by atoms with Gasteiger partial charge in [-0.15, -0.1) is 0 Å². The molecule has 0 aliphatic rings. The Morgan fingerprint density at radius 1 is 1.28 bits per heavy atom. The number of hydrogen-bond acceptors (Lipinski definition) is 11. The number of aliphatic hydroxyl groups excluding tert-OH is 4. The van der Waals surface area contributed by atoms with E-state index in [1.54, 1.807) is 25.1 Å². The second-order valence-corrected chi connectivity index (χ2v) is 7.00. The number of aromatic hydroxyl groups is 1. The van der Waals surface area contributed by atoms with Crippen molar-refractivity contribution in [2.24, 2.45) is 0 Å². The minimum Gasteiger partial charge on any atom is -0.508 e. The number of pyridine rings is 1. The number of aryl methyl sites for hydroxylation is 1. The van der Waals surface area contributed by atoms with Gasteiger partial charge in [0, 0.05) is 23.9 Å². The van der Waals surface area contributed by atoms with Gasteiger partial charge in [-0.05, 0) is 26.0 Å². The third-order valence-corrected chi connectivity index (χ3v) is 4.76. The number of phenols is 1. The third-order valence-electron chi connectivity index (χ3n) is 4.76. The summed E-state index contributed by atoms with van der Waals surface area (Å²) in [5.41, 5.74) is 5.29. The minimum absolute atomic E-state index is 0.00464. The fourth-order valence-corrected chi connectivity index (χ4v) is 3.17. The summed E-state index contributed by atoms with van der Waals surface area (Å²) >= 11 is 0. The van der Waals surface area contributed by atoms with E-state index in [-0.39, 0.29) is 47.1 Å². The number of carbonyl (C=O) groups excluding carboxylic acids is 1. The number of phenolic OH excluding ortho intramolecular Hbond substituents is 1. The lowest BCUT2D eigenvalue weighted by molar-refractivity contribution is -0.103. The summed E-state index contributed by atoms with van der Waals surface area (Å²) in [5, 5.41) is 63.7. The third kappa shape index (κ3) is 5.43. The van der Waals surface area contributed by atoms with Gasteiger partial charge in [0.25, 0.3) is 0 Å². The van der Waals surface area contributed by atoms with Crippen LogP contribution in [-0.4, -0.2) is 67.9 Å². The van der Waals surface area contributed by atoms with Gasteiger partial charge in [-0.25, -0.2) is 9.78 Å². The molecule has 11 heteroatoms. The first-order chi connectivity index (χ1) is 15.1. The largest absolute Gasteiger partial charge is 0.508 e. The van der Waals surface area contributed by atoms with Crippen LogP contribution in [-0.2, 0) is 4.74 Å². The van der Waals surface area contributed by atoms with Crippen molar-refractivity contribution in [2.45, 2.75) is 38.3 Å². The molecule has 1 aromatic carbocycles. The summed E-state index contributed by atoms with van der Waals surface area (Å²) in [6.45, 7) is 2.73. The molecular formula is C21H26N4O7. The minimum atomic E-state index is -2.00. The number of nitrogens with two attached hydrogens (primary N) is 1. The number of rotatable bonds is 9. The first kappa shape index (κ1) is 24.8. The van der Waals surface area contributed by atoms with Gasteiger partial charge in [0.2, 0.25) is 0 Å². The van der Waals surface area contributed by atoms with E-state index in [9.17, 15) is 35.6 Å². The molecule has 0 aliphatic carbocycles. The number of nitrogens with zero attached hydrogens (tertiary/aromatic N) is 2. The fraction of sp³-hybridized carbons (Fsp3) is 0.381. The maximum atomic E-state index is 12.4. The predicted molar refractivity (Wildman–Crippen MR) is 114 cm³/mol. The molecule has 11 nitrogen and oxygen atoms in total. The lowest BCUT2D eigenvalue weighted by Crippen LogP contribution is -2.44. The van der Waals surface area contributed by atoms with Crippen LogP contribution in [0.25, 0.3) is 0 Å². The number of nitrogens with one attached hydrogen (secondary N) is 1. The fourth-order valence-electron chi connectivity index (χ4n) is 3.17. The standard InChI is InChI=1S/C21H26N4O7/c1-3-32-21(31)15-10(2)25-20(23)13(8-22)16(15)18(29)19(30)17(28)14(27)9-24-11-5-4-6-12(26)7-11/h4-7,14,17-19,24,26-30H,3,9H2,1-2H3,(H2,23,25)/t14-,17-,18+,19+/m0/s1. The quantitative estimate of drug-likeness (QED) is 0.255. The summed E-state index contributed by atoms with van der Waals surface area (Å²) in [4.78, 5) is 16.4. The van der Waals surface area contributed by atoms with Crippen LogP contribution < -0.4 is 11.1 Å². The molecule has 0 bridgehead atoms. The van der Waals surface area contributed by atoms with Crippen LogP contribution >= 0.6 is 0 Å². The van der Waals surface area contributed by atoms with E-state index in [2.05, 4.69) is 10.3 Å². The average molecular weight is 446 g/mol. The maximum absolute atomic E-state index is 12.4. The van der Waals surface area contributed by atoms with Crippen molar-refractivity contribution in [3.05, 3.63) is 46.6 Å². The molecular weight excluding hydrogens is 420 g/mol. The molecule has 0 unspecified atom stereocenters. The van der Waals surface area contributed by atoms with Crippen LogP contribution in [0, 0.1) is 18.3 Å². The van der Waals surface area contributed by atoms with E-state index in [1.165, 1.54) is 19.1 Å². The second kappa shape index (κ2) is 10.7. The maximum Gasteiger partial charge on any atom is 0.340 e. The van der Waals surface area contributed by atoms with Crippen molar-refractivity contribution in [3.8, 4) is 11.8 Å². The zero-order valence-electron chi connectivity index (χ0n) is 17.6. The molecule has 2 aromatic rings. The molecule has 1 aromatic heterocycles. The van der Waals surface area contributed by atoms with E-state index in [0.717, 1.165) is 0 Å². The topological polar surface area (TPSA) is 202 Å². The molecule has 32 heavy (non-hydrogen) atoms. The van der Waals surface area contributed by atoms with E-state index >= 15 is 0 Å². The highest BCUT2D eigenvalue weighted by atomic mass is 16.5. The Bertz CT molecular complexity index is 1010. The van der Waals surface area contributed by atoms with E-state index in [4.69, 9.17) is 10.5 Å². The molecule has 0 saturated heterocycles. The molecule has 1 heterocycles. The van der Waals surface area contributed by atoms with Crippen molar-refractivity contribution in [2.75, 3.05) is 24.2 Å². The van der Waals surface area contributed by atoms with E-state index < -0.39 is 30.4 Å². The van der Waals surface area contributed by atoms with Crippen LogP contribution in [0.15, 0.2) is 24.3 Å². The highest BCUT2D eigenvalue weighted by Crippen LogP contribution is 2.31. The van der Waals surface area contributed by atoms with E-state index in [1.807, 2.05) is 0 Å². The highest BCUT2D eigenvalue weighted by molar-refractivity contribution is 5.94. The first-order valence-electron chi connectivity index (χ1n) is 9.74. The molecule has 0 aliphatic heterocycles. The molecule has 4 atom stereocenters. The molecule has 0 spiro atoms. The number of esters is 1. The summed E-state index contributed by atoms with van der Waals surface area (Å²) in [6.07, 6.45) is -7.43.